The highest BCUT2D eigenvalue weighted by Gasteiger charge is 2.21. The molecule has 2 heterocycles. The number of aromatic nitrogens is 2. The van der Waals surface area contributed by atoms with Gasteiger partial charge in [-0.05, 0) is 29.1 Å². The van der Waals surface area contributed by atoms with Crippen LogP contribution >= 0.6 is 34.5 Å². The minimum atomic E-state index is -3.42. The highest BCUT2D eigenvalue weighted by atomic mass is 35.5. The lowest BCUT2D eigenvalue weighted by molar-refractivity contribution is 0.482. The zero-order valence-electron chi connectivity index (χ0n) is 13.9. The van der Waals surface area contributed by atoms with E-state index in [4.69, 9.17) is 11.6 Å². The summed E-state index contributed by atoms with van der Waals surface area (Å²) in [6.07, 6.45) is 0.627. The lowest BCUT2D eigenvalue weighted by Crippen LogP contribution is -2.31. The van der Waals surface area contributed by atoms with Crippen LogP contribution in [0.5, 0.6) is 0 Å². The number of anilines is 1. The second-order valence-corrected chi connectivity index (χ2v) is 9.91. The number of hydrogen-bond acceptors (Lipinski definition) is 7. The third-order valence-electron chi connectivity index (χ3n) is 3.61. The van der Waals surface area contributed by atoms with Crippen LogP contribution in [0.4, 0.5) is 5.13 Å². The molecule has 1 aromatic carbocycles. The maximum absolute atomic E-state index is 12.3. The van der Waals surface area contributed by atoms with Gasteiger partial charge in [-0.3, -0.25) is 0 Å². The van der Waals surface area contributed by atoms with Gasteiger partial charge in [-0.1, -0.05) is 29.8 Å². The molecular weight excluding hydrogens is 412 g/mol. The van der Waals surface area contributed by atoms with Gasteiger partial charge >= 0.3 is 0 Å². The van der Waals surface area contributed by atoms with Crippen molar-refractivity contribution >= 4 is 49.6 Å². The molecule has 0 aliphatic carbocycles. The summed E-state index contributed by atoms with van der Waals surface area (Å²) in [5.41, 5.74) is 1.08. The topological polar surface area (TPSA) is 75.2 Å². The zero-order chi connectivity index (χ0) is 18.6. The van der Waals surface area contributed by atoms with E-state index in [1.807, 2.05) is 24.3 Å². The summed E-state index contributed by atoms with van der Waals surface area (Å²) in [4.78, 5) is 4.43. The standard InChI is InChI=1S/C16H17ClN4O2S3/c1-21(26(22,23)15-3-2-10-24-15)9-8-18-16-19-14(20-25-16)11-12-4-6-13(17)7-5-12/h2-7,10H,8-9,11H2,1H3,(H,18,19,20). The van der Waals surface area contributed by atoms with Crippen LogP contribution in [0.2, 0.25) is 5.02 Å². The minimum absolute atomic E-state index is 0.340. The number of hydrogen-bond donors (Lipinski definition) is 1. The first kappa shape index (κ1) is 19.2. The minimum Gasteiger partial charge on any atom is -0.359 e. The Morgan fingerprint density at radius 1 is 1.23 bits per heavy atom. The SMILES string of the molecule is CN(CCNc1nc(Cc2ccc(Cl)cc2)ns1)S(=O)(=O)c1cccs1. The fraction of sp³-hybridized carbons (Fsp3) is 0.250. The number of likely N-dealkylation sites (N-methyl/N-ethyl adjacent to an activating group) is 1. The van der Waals surface area contributed by atoms with Gasteiger partial charge < -0.3 is 5.32 Å². The van der Waals surface area contributed by atoms with Crippen molar-refractivity contribution in [2.45, 2.75) is 10.6 Å². The number of nitrogens with zero attached hydrogens (tertiary/aromatic N) is 3. The van der Waals surface area contributed by atoms with E-state index in [0.717, 1.165) is 11.4 Å². The van der Waals surface area contributed by atoms with Gasteiger partial charge in [0.1, 0.15) is 10.0 Å². The Hall–Kier alpha value is -1.52. The van der Waals surface area contributed by atoms with Crippen molar-refractivity contribution in [1.82, 2.24) is 13.7 Å². The van der Waals surface area contributed by atoms with Crippen LogP contribution in [0.1, 0.15) is 11.4 Å². The molecule has 0 spiro atoms. The van der Waals surface area contributed by atoms with E-state index in [1.54, 1.807) is 24.6 Å². The molecule has 0 saturated heterocycles. The fourth-order valence-corrected chi connectivity index (χ4v) is 5.30. The van der Waals surface area contributed by atoms with E-state index >= 15 is 0 Å². The Kier molecular flexibility index (Phi) is 6.25. The predicted octanol–water partition coefficient (Wildman–Crippen LogP) is 3.58. The van der Waals surface area contributed by atoms with Crippen molar-refractivity contribution in [3.8, 4) is 0 Å². The molecule has 0 bridgehead atoms. The molecule has 0 atom stereocenters. The molecule has 6 nitrogen and oxygen atoms in total. The highest BCUT2D eigenvalue weighted by Crippen LogP contribution is 2.20. The van der Waals surface area contributed by atoms with E-state index in [2.05, 4.69) is 14.7 Å². The molecule has 0 unspecified atom stereocenters. The van der Waals surface area contributed by atoms with Crippen molar-refractivity contribution < 1.29 is 8.42 Å². The third-order valence-corrected chi connectivity index (χ3v) is 7.80. The molecule has 0 aliphatic heterocycles. The van der Waals surface area contributed by atoms with Crippen LogP contribution in [0, 0.1) is 0 Å². The fourth-order valence-electron chi connectivity index (χ4n) is 2.19. The maximum Gasteiger partial charge on any atom is 0.252 e. The summed E-state index contributed by atoms with van der Waals surface area (Å²) in [5.74, 6) is 0.722. The Morgan fingerprint density at radius 3 is 2.69 bits per heavy atom. The lowest BCUT2D eigenvalue weighted by Gasteiger charge is -2.15. The second kappa shape index (κ2) is 8.45. The van der Waals surface area contributed by atoms with Gasteiger partial charge in [0.25, 0.3) is 10.0 Å². The Balaban J connectivity index is 1.51. The average molecular weight is 429 g/mol. The van der Waals surface area contributed by atoms with Gasteiger partial charge in [0.2, 0.25) is 5.13 Å². The molecule has 3 rings (SSSR count). The molecule has 2 aromatic heterocycles. The van der Waals surface area contributed by atoms with Crippen molar-refractivity contribution in [2.75, 3.05) is 25.5 Å². The van der Waals surface area contributed by atoms with Gasteiger partial charge in [0.15, 0.2) is 0 Å². The molecule has 1 N–H and O–H groups in total. The molecule has 0 saturated carbocycles. The number of rotatable bonds is 8. The average Bonchev–Trinajstić information content (AvgIpc) is 3.29. The molecule has 3 aromatic rings. The number of sulfonamides is 1. The van der Waals surface area contributed by atoms with Crippen LogP contribution in [0.3, 0.4) is 0 Å². The van der Waals surface area contributed by atoms with Crippen LogP contribution in [-0.2, 0) is 16.4 Å². The molecule has 26 heavy (non-hydrogen) atoms. The first-order valence-electron chi connectivity index (χ1n) is 7.76. The van der Waals surface area contributed by atoms with E-state index in [0.29, 0.717) is 33.9 Å². The number of halogens is 1. The maximum atomic E-state index is 12.3. The summed E-state index contributed by atoms with van der Waals surface area (Å²) in [5, 5.41) is 6.26. The first-order valence-corrected chi connectivity index (χ1v) is 11.2. The van der Waals surface area contributed by atoms with E-state index < -0.39 is 10.0 Å². The monoisotopic (exact) mass is 428 g/mol. The largest absolute Gasteiger partial charge is 0.359 e. The Labute approximate surface area is 165 Å². The molecule has 138 valence electrons. The number of thiophene rings is 1. The molecule has 0 fully saturated rings. The third kappa shape index (κ3) is 4.80. The van der Waals surface area contributed by atoms with Crippen molar-refractivity contribution in [3.63, 3.8) is 0 Å². The molecule has 0 aliphatic rings. The van der Waals surface area contributed by atoms with E-state index in [-0.39, 0.29) is 0 Å². The van der Waals surface area contributed by atoms with Gasteiger partial charge in [-0.15, -0.1) is 11.3 Å². The molecule has 0 radical (unpaired) electrons. The molecule has 0 amide bonds. The van der Waals surface area contributed by atoms with E-state index in [1.165, 1.54) is 27.2 Å². The quantitative estimate of drug-likeness (QED) is 0.593. The Bertz CT molecular complexity index is 940. The van der Waals surface area contributed by atoms with Gasteiger partial charge in [0.05, 0.1) is 0 Å². The van der Waals surface area contributed by atoms with Crippen LogP contribution in [0.25, 0.3) is 0 Å². The lowest BCUT2D eigenvalue weighted by atomic mass is 10.1. The highest BCUT2D eigenvalue weighted by molar-refractivity contribution is 7.91. The number of benzene rings is 1. The van der Waals surface area contributed by atoms with Gasteiger partial charge in [0, 0.05) is 43.1 Å². The predicted molar refractivity (Wildman–Crippen MR) is 107 cm³/mol. The normalized spacial score (nSPS) is 11.8. The number of nitrogens with one attached hydrogen (secondary N) is 1. The van der Waals surface area contributed by atoms with Crippen molar-refractivity contribution in [2.24, 2.45) is 0 Å². The van der Waals surface area contributed by atoms with Gasteiger partial charge in [-0.25, -0.2) is 13.4 Å². The summed E-state index contributed by atoms with van der Waals surface area (Å²) >= 11 is 8.36. The summed E-state index contributed by atoms with van der Waals surface area (Å²) in [6.45, 7) is 0.795. The zero-order valence-corrected chi connectivity index (χ0v) is 17.1. The second-order valence-electron chi connectivity index (χ2n) is 5.50. The van der Waals surface area contributed by atoms with Gasteiger partial charge in [-0.2, -0.15) is 8.68 Å². The smallest absolute Gasteiger partial charge is 0.252 e. The van der Waals surface area contributed by atoms with Crippen molar-refractivity contribution in [3.05, 3.63) is 58.2 Å². The van der Waals surface area contributed by atoms with Crippen LogP contribution in [0.15, 0.2) is 46.0 Å². The van der Waals surface area contributed by atoms with Crippen LogP contribution < -0.4 is 5.32 Å². The molecule has 10 heteroatoms. The summed E-state index contributed by atoms with van der Waals surface area (Å²) in [7, 11) is -1.85. The Morgan fingerprint density at radius 2 is 2.00 bits per heavy atom. The van der Waals surface area contributed by atoms with Crippen molar-refractivity contribution in [1.29, 1.82) is 0 Å². The first-order chi connectivity index (χ1) is 12.4. The summed E-state index contributed by atoms with van der Waals surface area (Å²) in [6, 6.07) is 10.9. The summed E-state index contributed by atoms with van der Waals surface area (Å²) < 4.78 is 30.7. The van der Waals surface area contributed by atoms with Crippen LogP contribution in [-0.4, -0.2) is 42.2 Å². The van der Waals surface area contributed by atoms with E-state index in [9.17, 15) is 8.42 Å². The molecular formula is C16H17ClN4O2S3.